The van der Waals surface area contributed by atoms with Crippen molar-refractivity contribution in [2.24, 2.45) is 23.7 Å². The smallest absolute Gasteiger partial charge is 0.379 e. The van der Waals surface area contributed by atoms with Crippen molar-refractivity contribution in [1.29, 1.82) is 0 Å². The maximum Gasteiger partial charge on any atom is 0.379 e. The normalized spacial score (nSPS) is 23.5. The van der Waals surface area contributed by atoms with E-state index < -0.39 is 24.3 Å². The molecule has 2 saturated carbocycles. The van der Waals surface area contributed by atoms with E-state index in [1.54, 1.807) is 18.2 Å². The number of fused-ring (bicyclic) bond motifs is 5. The number of hydrogen-bond donors (Lipinski definition) is 0. The van der Waals surface area contributed by atoms with E-state index in [-0.39, 0.29) is 64.0 Å². The molecule has 220 valence electrons. The fraction of sp³-hybridized carbons (Fsp3) is 0.229. The largest absolute Gasteiger partial charge is 0.457 e. The van der Waals surface area contributed by atoms with E-state index in [4.69, 9.17) is 13.9 Å². The monoisotopic (exact) mass is 589 g/mol. The summed E-state index contributed by atoms with van der Waals surface area (Å²) in [5.74, 6) is -2.21. The summed E-state index contributed by atoms with van der Waals surface area (Å²) in [5, 5.41) is 0. The molecule has 1 saturated heterocycles. The zero-order chi connectivity index (χ0) is 30.4. The molecule has 2 amide bonds. The summed E-state index contributed by atoms with van der Waals surface area (Å²) < 4.78 is 15.5. The number of furan rings is 1. The van der Waals surface area contributed by atoms with Gasteiger partial charge in [0.15, 0.2) is 12.4 Å². The number of Topliss-reactive ketones (excluding diaryl/α,β-unsaturated/α-hetero) is 1. The highest BCUT2D eigenvalue weighted by molar-refractivity contribution is 6.23. The zero-order valence-corrected chi connectivity index (χ0v) is 23.5. The van der Waals surface area contributed by atoms with Crippen LogP contribution in [0.1, 0.15) is 55.6 Å². The van der Waals surface area contributed by atoms with E-state index in [0.717, 1.165) is 12.8 Å². The third-order valence-electron chi connectivity index (χ3n) is 9.03. The third-order valence-corrected chi connectivity index (χ3v) is 9.03. The molecule has 4 aromatic rings. The molecule has 7 rings (SSSR count). The molecule has 9 heteroatoms. The number of imide groups is 1. The number of anilines is 1. The van der Waals surface area contributed by atoms with Crippen molar-refractivity contribution in [3.05, 3.63) is 120 Å². The number of hydrogen-bond acceptors (Lipinski definition) is 8. The van der Waals surface area contributed by atoms with E-state index in [1.165, 1.54) is 59.2 Å². The molecule has 9 nitrogen and oxygen atoms in total. The first-order valence-corrected chi connectivity index (χ1v) is 14.5. The molecule has 3 aliphatic rings. The van der Waals surface area contributed by atoms with Gasteiger partial charge in [0.25, 0.3) is 0 Å². The second kappa shape index (κ2) is 11.1. The Morgan fingerprint density at radius 1 is 0.773 bits per heavy atom. The van der Waals surface area contributed by atoms with Gasteiger partial charge >= 0.3 is 11.9 Å². The van der Waals surface area contributed by atoms with Crippen molar-refractivity contribution >= 4 is 35.2 Å². The van der Waals surface area contributed by atoms with Crippen LogP contribution in [-0.2, 0) is 14.3 Å². The SMILES string of the molecule is O=C(COC(=O)c1cccc(N2C(=O)[C@@H]3[C@H]4C[C@@H]([C@@H]3C2=O)[C@H](c2ccccc2)C4)c1)c1ccc(OC(=O)c2ccco2)cc1. The molecule has 2 aliphatic carbocycles. The fourth-order valence-electron chi connectivity index (χ4n) is 7.13. The van der Waals surface area contributed by atoms with Crippen molar-refractivity contribution in [3.8, 4) is 5.75 Å². The minimum absolute atomic E-state index is 0.0475. The minimum atomic E-state index is -0.757. The molecule has 0 spiro atoms. The number of rotatable bonds is 8. The second-order valence-corrected chi connectivity index (χ2v) is 11.4. The Morgan fingerprint density at radius 2 is 1.55 bits per heavy atom. The Hall–Kier alpha value is -5.31. The molecule has 1 aromatic heterocycles. The molecule has 1 aliphatic heterocycles. The Bertz CT molecular complexity index is 1760. The summed E-state index contributed by atoms with van der Waals surface area (Å²) in [6, 6.07) is 25.2. The lowest BCUT2D eigenvalue weighted by molar-refractivity contribution is -0.123. The Morgan fingerprint density at radius 3 is 2.30 bits per heavy atom. The fourth-order valence-corrected chi connectivity index (χ4v) is 7.13. The molecule has 0 N–H and O–H groups in total. The van der Waals surface area contributed by atoms with Crippen molar-refractivity contribution in [3.63, 3.8) is 0 Å². The summed E-state index contributed by atoms with van der Waals surface area (Å²) in [5.41, 5.74) is 1.91. The van der Waals surface area contributed by atoms with Gasteiger partial charge in [-0.1, -0.05) is 36.4 Å². The maximum atomic E-state index is 13.7. The summed E-state index contributed by atoms with van der Waals surface area (Å²) in [4.78, 5) is 66.0. The van der Waals surface area contributed by atoms with Gasteiger partial charge < -0.3 is 13.9 Å². The topological polar surface area (TPSA) is 120 Å². The number of esters is 2. The van der Waals surface area contributed by atoms with Gasteiger partial charge in [-0.25, -0.2) is 9.59 Å². The lowest BCUT2D eigenvalue weighted by Gasteiger charge is -2.28. The van der Waals surface area contributed by atoms with Crippen LogP contribution in [0.2, 0.25) is 0 Å². The van der Waals surface area contributed by atoms with Crippen LogP contribution in [0.3, 0.4) is 0 Å². The van der Waals surface area contributed by atoms with Crippen molar-refractivity contribution in [2.75, 3.05) is 11.5 Å². The van der Waals surface area contributed by atoms with Gasteiger partial charge in [0.05, 0.1) is 29.3 Å². The predicted octanol–water partition coefficient (Wildman–Crippen LogP) is 5.47. The zero-order valence-electron chi connectivity index (χ0n) is 23.5. The molecule has 3 fully saturated rings. The Balaban J connectivity index is 0.991. The molecule has 2 bridgehead atoms. The number of amides is 2. The van der Waals surface area contributed by atoms with E-state index in [1.807, 2.05) is 18.2 Å². The lowest BCUT2D eigenvalue weighted by Crippen LogP contribution is -2.33. The summed E-state index contributed by atoms with van der Waals surface area (Å²) in [7, 11) is 0. The predicted molar refractivity (Wildman–Crippen MR) is 156 cm³/mol. The molecule has 5 atom stereocenters. The van der Waals surface area contributed by atoms with Crippen LogP contribution in [0.5, 0.6) is 5.75 Å². The van der Waals surface area contributed by atoms with Gasteiger partial charge in [0, 0.05) is 5.56 Å². The maximum absolute atomic E-state index is 13.7. The van der Waals surface area contributed by atoms with Crippen LogP contribution in [0.4, 0.5) is 5.69 Å². The first kappa shape index (κ1) is 27.5. The van der Waals surface area contributed by atoms with Gasteiger partial charge in [0.1, 0.15) is 5.75 Å². The minimum Gasteiger partial charge on any atom is -0.457 e. The molecule has 3 aromatic carbocycles. The molecule has 44 heavy (non-hydrogen) atoms. The Labute approximate surface area is 252 Å². The number of carbonyl (C=O) groups is 5. The number of carbonyl (C=O) groups excluding carboxylic acids is 5. The van der Waals surface area contributed by atoms with Crippen LogP contribution >= 0.6 is 0 Å². The third kappa shape index (κ3) is 4.80. The van der Waals surface area contributed by atoms with Gasteiger partial charge in [0.2, 0.25) is 17.6 Å². The van der Waals surface area contributed by atoms with E-state index >= 15 is 0 Å². The number of ketones is 1. The van der Waals surface area contributed by atoms with E-state index in [0.29, 0.717) is 5.69 Å². The summed E-state index contributed by atoms with van der Waals surface area (Å²) >= 11 is 0. The van der Waals surface area contributed by atoms with Gasteiger partial charge in [-0.15, -0.1) is 0 Å². The van der Waals surface area contributed by atoms with Crippen LogP contribution in [-0.4, -0.2) is 36.1 Å². The highest BCUT2D eigenvalue weighted by Crippen LogP contribution is 2.61. The highest BCUT2D eigenvalue weighted by atomic mass is 16.5. The van der Waals surface area contributed by atoms with Crippen LogP contribution in [0.15, 0.2) is 102 Å². The van der Waals surface area contributed by atoms with Crippen LogP contribution in [0, 0.1) is 23.7 Å². The average molecular weight is 590 g/mol. The van der Waals surface area contributed by atoms with Gasteiger partial charge in [-0.05, 0) is 90.8 Å². The number of nitrogens with zero attached hydrogens (tertiary/aromatic N) is 1. The lowest BCUT2D eigenvalue weighted by atomic mass is 9.73. The standard InChI is InChI=1S/C35H27NO8/c37-28(21-11-13-25(14-12-21)44-35(41)29-10-5-15-42-29)19-43-34(40)22-8-4-9-24(16-22)36-32(38)30-23-17-26(20-6-2-1-3-7-20)27(18-23)31(30)33(36)39/h1-16,23,26-27,30-31H,17-19H2/t23-,26+,27-,30-,31+/m1/s1. The molecule has 0 radical (unpaired) electrons. The van der Waals surface area contributed by atoms with Gasteiger partial charge in [-0.3, -0.25) is 19.3 Å². The van der Waals surface area contributed by atoms with Crippen LogP contribution in [0.25, 0.3) is 0 Å². The molecule has 2 heterocycles. The second-order valence-electron chi connectivity index (χ2n) is 11.4. The van der Waals surface area contributed by atoms with Crippen molar-refractivity contribution in [2.45, 2.75) is 18.8 Å². The molecular formula is C35H27NO8. The first-order chi connectivity index (χ1) is 21.4. The summed E-state index contributed by atoms with van der Waals surface area (Å²) in [6.45, 7) is -0.523. The van der Waals surface area contributed by atoms with E-state index in [2.05, 4.69) is 12.1 Å². The summed E-state index contributed by atoms with van der Waals surface area (Å²) in [6.07, 6.45) is 3.12. The van der Waals surface area contributed by atoms with E-state index in [9.17, 15) is 24.0 Å². The highest BCUT2D eigenvalue weighted by Gasteiger charge is 2.64. The Kier molecular flexibility index (Phi) is 6.93. The molecular weight excluding hydrogens is 562 g/mol. The van der Waals surface area contributed by atoms with Gasteiger partial charge in [-0.2, -0.15) is 0 Å². The molecule has 0 unspecified atom stereocenters. The first-order valence-electron chi connectivity index (χ1n) is 14.5. The van der Waals surface area contributed by atoms with Crippen molar-refractivity contribution in [1.82, 2.24) is 0 Å². The average Bonchev–Trinajstić information content (AvgIpc) is 3.85. The number of ether oxygens (including phenoxy) is 2. The quantitative estimate of drug-likeness (QED) is 0.115. The van der Waals surface area contributed by atoms with Crippen molar-refractivity contribution < 1.29 is 37.9 Å². The number of benzene rings is 3. The van der Waals surface area contributed by atoms with Crippen LogP contribution < -0.4 is 9.64 Å².